The van der Waals surface area contributed by atoms with E-state index < -0.39 is 5.97 Å². The van der Waals surface area contributed by atoms with Gasteiger partial charge < -0.3 is 5.11 Å². The summed E-state index contributed by atoms with van der Waals surface area (Å²) in [4.78, 5) is 11.1. The van der Waals surface area contributed by atoms with Gasteiger partial charge in [-0.25, -0.2) is 4.79 Å². The van der Waals surface area contributed by atoms with Crippen LogP contribution in [0.5, 0.6) is 0 Å². The molecule has 0 radical (unpaired) electrons. The number of hydrogen-bond acceptors (Lipinski definition) is 1. The molecule has 2 aromatic rings. The fourth-order valence-corrected chi connectivity index (χ4v) is 2.90. The minimum Gasteiger partial charge on any atom is -0.478 e. The molecule has 4 aliphatic carbocycles. The highest BCUT2D eigenvalue weighted by atomic mass is 16.4. The molecule has 6 rings (SSSR count). The van der Waals surface area contributed by atoms with Crippen molar-refractivity contribution in [2.24, 2.45) is 0 Å². The molecule has 4 aliphatic rings. The normalized spacial score (nSPS) is 14.5. The fourth-order valence-electron chi connectivity index (χ4n) is 2.90. The molecule has 0 fully saturated rings. The number of hydrogen-bond donors (Lipinski definition) is 1. The van der Waals surface area contributed by atoms with E-state index in [1.807, 2.05) is 0 Å². The lowest BCUT2D eigenvalue weighted by atomic mass is 9.92. The Labute approximate surface area is 131 Å². The van der Waals surface area contributed by atoms with Crippen LogP contribution >= 0.6 is 0 Å². The predicted molar refractivity (Wildman–Crippen MR) is 89.0 cm³/mol. The Morgan fingerprint density at radius 2 is 1.45 bits per heavy atom. The second-order valence-corrected chi connectivity index (χ2v) is 5.98. The zero-order chi connectivity index (χ0) is 15.5. The largest absolute Gasteiger partial charge is 0.478 e. The highest BCUT2D eigenvalue weighted by Gasteiger charge is 2.08. The molecule has 2 nitrogen and oxygen atoms in total. The van der Waals surface area contributed by atoms with Gasteiger partial charge in [0.25, 0.3) is 0 Å². The van der Waals surface area contributed by atoms with Crippen molar-refractivity contribution in [3.8, 4) is 0 Å². The van der Waals surface area contributed by atoms with Crippen molar-refractivity contribution < 1.29 is 9.90 Å². The van der Waals surface area contributed by atoms with Crippen molar-refractivity contribution in [1.82, 2.24) is 0 Å². The van der Waals surface area contributed by atoms with Crippen LogP contribution in [0, 0.1) is 0 Å². The summed E-state index contributed by atoms with van der Waals surface area (Å²) in [5.74, 6) is -0.854. The van der Waals surface area contributed by atoms with Crippen molar-refractivity contribution in [2.75, 3.05) is 0 Å². The van der Waals surface area contributed by atoms with Crippen LogP contribution in [0.4, 0.5) is 0 Å². The number of benzene rings is 2. The van der Waals surface area contributed by atoms with Crippen molar-refractivity contribution in [2.45, 2.75) is 32.6 Å². The summed E-state index contributed by atoms with van der Waals surface area (Å²) in [6.45, 7) is 1.65. The van der Waals surface area contributed by atoms with Crippen LogP contribution in [-0.4, -0.2) is 11.1 Å². The Morgan fingerprint density at radius 1 is 0.909 bits per heavy atom. The molecule has 2 heteroatoms. The summed E-state index contributed by atoms with van der Waals surface area (Å²) in [7, 11) is 0. The molecule has 0 aromatic heterocycles. The molecule has 1 N–H and O–H groups in total. The Hall–Kier alpha value is -2.35. The van der Waals surface area contributed by atoms with Crippen LogP contribution < -0.4 is 0 Å². The van der Waals surface area contributed by atoms with Gasteiger partial charge in [0.05, 0.1) is 0 Å². The predicted octanol–water partition coefficient (Wildman–Crippen LogP) is 4.06. The van der Waals surface area contributed by atoms with Crippen LogP contribution in [0.15, 0.2) is 48.0 Å². The lowest BCUT2D eigenvalue weighted by Gasteiger charge is -2.13. The maximum Gasteiger partial charge on any atom is 0.331 e. The van der Waals surface area contributed by atoms with Crippen molar-refractivity contribution >= 4 is 12.0 Å². The van der Waals surface area contributed by atoms with E-state index in [-0.39, 0.29) is 0 Å². The molecule has 4 bridgehead atoms. The third-order valence-electron chi connectivity index (χ3n) is 4.33. The van der Waals surface area contributed by atoms with Gasteiger partial charge in [0.1, 0.15) is 0 Å². The topological polar surface area (TPSA) is 37.3 Å². The van der Waals surface area contributed by atoms with Crippen LogP contribution in [0.3, 0.4) is 0 Å². The zero-order valence-electron chi connectivity index (χ0n) is 12.8. The third kappa shape index (κ3) is 3.28. The quantitative estimate of drug-likeness (QED) is 0.848. The standard InChI is InChI=1S/C20H20O2/c1-14(20(21)22)12-19-13-17-7-6-15-2-4-16(5-3-15)8-10-18(19)11-9-17/h2-5,9,11-13H,6-8,10H2,1H3,(H,21,22)/b14-12+. The molecule has 0 heterocycles. The van der Waals surface area contributed by atoms with Crippen LogP contribution in [-0.2, 0) is 30.5 Å². The maximum absolute atomic E-state index is 11.1. The van der Waals surface area contributed by atoms with E-state index in [0.717, 1.165) is 31.2 Å². The average Bonchev–Trinajstić information content (AvgIpc) is 2.50. The Balaban J connectivity index is 2.00. The van der Waals surface area contributed by atoms with E-state index in [1.165, 1.54) is 22.3 Å². The van der Waals surface area contributed by atoms with E-state index in [0.29, 0.717) is 5.57 Å². The van der Waals surface area contributed by atoms with Crippen molar-refractivity contribution in [1.29, 1.82) is 0 Å². The Bertz CT molecular complexity index is 724. The average molecular weight is 292 g/mol. The van der Waals surface area contributed by atoms with Crippen molar-refractivity contribution in [3.63, 3.8) is 0 Å². The number of aryl methyl sites for hydroxylation is 4. The molecule has 2 aromatic carbocycles. The van der Waals surface area contributed by atoms with Gasteiger partial charge >= 0.3 is 5.97 Å². The van der Waals surface area contributed by atoms with Gasteiger partial charge in [-0.05, 0) is 66.5 Å². The first-order valence-electron chi connectivity index (χ1n) is 7.73. The first-order valence-corrected chi connectivity index (χ1v) is 7.73. The lowest BCUT2D eigenvalue weighted by Crippen LogP contribution is -2.01. The van der Waals surface area contributed by atoms with E-state index in [4.69, 9.17) is 5.11 Å². The highest BCUT2D eigenvalue weighted by Crippen LogP contribution is 2.21. The maximum atomic E-state index is 11.1. The number of aliphatic carboxylic acids is 1. The third-order valence-corrected chi connectivity index (χ3v) is 4.33. The van der Waals surface area contributed by atoms with Crippen LogP contribution in [0.1, 0.15) is 34.7 Å². The molecule has 0 atom stereocenters. The molecular formula is C20H20O2. The van der Waals surface area contributed by atoms with Gasteiger partial charge in [-0.3, -0.25) is 0 Å². The number of carboxylic acid groups (broad SMARTS) is 1. The van der Waals surface area contributed by atoms with Gasteiger partial charge in [-0.2, -0.15) is 0 Å². The summed E-state index contributed by atoms with van der Waals surface area (Å²) < 4.78 is 0. The van der Waals surface area contributed by atoms with Gasteiger partial charge in [0, 0.05) is 5.57 Å². The minimum atomic E-state index is -0.854. The van der Waals surface area contributed by atoms with E-state index in [2.05, 4.69) is 42.5 Å². The number of rotatable bonds is 2. The molecule has 0 unspecified atom stereocenters. The second kappa shape index (κ2) is 6.18. The minimum absolute atomic E-state index is 0.383. The Kier molecular flexibility index (Phi) is 4.10. The SMILES string of the molecule is C/C(=C\c1cc2ccc1CCc1ccc(cc1)CC2)C(=O)O. The number of carboxylic acids is 1. The molecule has 0 amide bonds. The van der Waals surface area contributed by atoms with Gasteiger partial charge in [-0.1, -0.05) is 42.5 Å². The molecule has 0 saturated carbocycles. The molecule has 22 heavy (non-hydrogen) atoms. The van der Waals surface area contributed by atoms with Crippen LogP contribution in [0.2, 0.25) is 0 Å². The van der Waals surface area contributed by atoms with Gasteiger partial charge in [0.15, 0.2) is 0 Å². The first kappa shape index (κ1) is 14.6. The fraction of sp³-hybridized carbons (Fsp3) is 0.250. The lowest BCUT2D eigenvalue weighted by molar-refractivity contribution is -0.132. The summed E-state index contributed by atoms with van der Waals surface area (Å²) in [6, 6.07) is 15.3. The smallest absolute Gasteiger partial charge is 0.331 e. The second-order valence-electron chi connectivity index (χ2n) is 5.98. The first-order chi connectivity index (χ1) is 10.6. The summed E-state index contributed by atoms with van der Waals surface area (Å²) in [5, 5.41) is 9.12. The highest BCUT2D eigenvalue weighted by molar-refractivity contribution is 5.91. The molecule has 0 spiro atoms. The van der Waals surface area contributed by atoms with Gasteiger partial charge in [0.2, 0.25) is 0 Å². The molecule has 0 saturated heterocycles. The van der Waals surface area contributed by atoms with E-state index in [1.54, 1.807) is 13.0 Å². The Morgan fingerprint density at radius 3 is 2.09 bits per heavy atom. The number of carbonyl (C=O) groups is 1. The van der Waals surface area contributed by atoms with Crippen molar-refractivity contribution in [3.05, 3.63) is 75.9 Å². The molecule has 112 valence electrons. The van der Waals surface area contributed by atoms with Gasteiger partial charge in [-0.15, -0.1) is 0 Å². The molecular weight excluding hydrogens is 272 g/mol. The monoisotopic (exact) mass is 292 g/mol. The molecule has 0 aliphatic heterocycles. The van der Waals surface area contributed by atoms with E-state index in [9.17, 15) is 4.79 Å². The summed E-state index contributed by atoms with van der Waals surface area (Å²) >= 11 is 0. The van der Waals surface area contributed by atoms with Crippen LogP contribution in [0.25, 0.3) is 6.08 Å². The van der Waals surface area contributed by atoms with E-state index >= 15 is 0 Å². The zero-order valence-corrected chi connectivity index (χ0v) is 12.8. The summed E-state index contributed by atoms with van der Waals surface area (Å²) in [6.07, 6.45) is 5.70. The summed E-state index contributed by atoms with van der Waals surface area (Å²) in [5.41, 5.74) is 6.60.